The van der Waals surface area contributed by atoms with E-state index in [0.29, 0.717) is 33.3 Å². The van der Waals surface area contributed by atoms with Crippen LogP contribution >= 0.6 is 11.6 Å². The molecule has 3 N–H and O–H groups in total. The normalized spacial score (nSPS) is 11.9. The molecule has 0 saturated carbocycles. The van der Waals surface area contributed by atoms with Crippen LogP contribution in [0.2, 0.25) is 5.28 Å². The monoisotopic (exact) mass is 701 g/mol. The second-order valence-electron chi connectivity index (χ2n) is 11.3. The molecule has 4 aromatic carbocycles. The molecule has 12 nitrogen and oxygen atoms in total. The Bertz CT molecular complexity index is 2520. The zero-order valence-corrected chi connectivity index (χ0v) is 30.2. The fourth-order valence-corrected chi connectivity index (χ4v) is 6.58. The Morgan fingerprint density at radius 3 is 2.20 bits per heavy atom. The summed E-state index contributed by atoms with van der Waals surface area (Å²) < 4.78 is 38.6. The van der Waals surface area contributed by atoms with Crippen LogP contribution in [-0.4, -0.2) is 38.3 Å². The largest absolute Gasteiger partial charge is 1.00 e. The number of carbonyl (C=O) groups excluding carboxylic acids is 1. The SMILES string of the molecule is Cc1ccc(C)c(Nc2nc(Cl)nc(Nc3ccc(S(=O)(=O)[O-])c(Nc4ccc5c6c(cc(=O)n5C)-c5ccccc5C(=O)c46)c3)n2)c1.[Na+]. The van der Waals surface area contributed by atoms with Crippen molar-refractivity contribution in [1.82, 2.24) is 19.5 Å². The molecule has 0 fully saturated rings. The van der Waals surface area contributed by atoms with Crippen molar-refractivity contribution < 1.29 is 47.3 Å². The number of hydrogen-bond acceptors (Lipinski definition) is 11. The van der Waals surface area contributed by atoms with E-state index in [4.69, 9.17) is 11.6 Å². The third-order valence-corrected chi connectivity index (χ3v) is 9.19. The van der Waals surface area contributed by atoms with Crippen LogP contribution in [0.5, 0.6) is 0 Å². The maximum atomic E-state index is 14.0. The Kier molecular flexibility index (Phi) is 9.09. The van der Waals surface area contributed by atoms with E-state index in [-0.39, 0.29) is 75.0 Å². The number of benzene rings is 4. The van der Waals surface area contributed by atoms with Gasteiger partial charge in [0.2, 0.25) is 17.2 Å². The second kappa shape index (κ2) is 13.0. The average molecular weight is 702 g/mol. The summed E-state index contributed by atoms with van der Waals surface area (Å²) in [5.41, 5.74) is 5.29. The van der Waals surface area contributed by atoms with Crippen molar-refractivity contribution in [2.24, 2.45) is 7.05 Å². The van der Waals surface area contributed by atoms with Gasteiger partial charge in [0.25, 0.3) is 5.56 Å². The minimum atomic E-state index is -4.97. The molecule has 2 heterocycles. The van der Waals surface area contributed by atoms with Crippen LogP contribution in [0, 0.1) is 13.8 Å². The summed E-state index contributed by atoms with van der Waals surface area (Å²) in [4.78, 5) is 39.0. The molecule has 15 heteroatoms. The molecule has 0 saturated heterocycles. The molecule has 0 radical (unpaired) electrons. The molecular formula is C34H25ClN7NaO5S. The van der Waals surface area contributed by atoms with E-state index >= 15 is 0 Å². The van der Waals surface area contributed by atoms with Gasteiger partial charge in [-0.15, -0.1) is 0 Å². The summed E-state index contributed by atoms with van der Waals surface area (Å²) in [6.07, 6.45) is 0. The molecule has 0 aliphatic heterocycles. The zero-order valence-electron chi connectivity index (χ0n) is 26.6. The Balaban J connectivity index is 0.00000417. The smallest absolute Gasteiger partial charge is 0.744 e. The van der Waals surface area contributed by atoms with Crippen LogP contribution < -0.4 is 51.1 Å². The number of nitrogens with one attached hydrogen (secondary N) is 3. The molecule has 49 heavy (non-hydrogen) atoms. The molecular weight excluding hydrogens is 677 g/mol. The Morgan fingerprint density at radius 2 is 1.47 bits per heavy atom. The van der Waals surface area contributed by atoms with E-state index in [1.54, 1.807) is 43.4 Å². The fraction of sp³-hybridized carbons (Fsp3) is 0.0882. The molecule has 240 valence electrons. The second-order valence-corrected chi connectivity index (χ2v) is 13.0. The first-order chi connectivity index (χ1) is 22.9. The van der Waals surface area contributed by atoms with Crippen molar-refractivity contribution in [3.05, 3.63) is 117 Å². The van der Waals surface area contributed by atoms with Crippen LogP contribution in [0.25, 0.3) is 22.0 Å². The topological polar surface area (TPSA) is 171 Å². The van der Waals surface area contributed by atoms with Gasteiger partial charge in [0.15, 0.2) is 5.78 Å². The van der Waals surface area contributed by atoms with Crippen LogP contribution in [-0.2, 0) is 17.2 Å². The van der Waals surface area contributed by atoms with Gasteiger partial charge in [-0.05, 0) is 84.1 Å². The third kappa shape index (κ3) is 6.44. The number of pyridine rings is 1. The third-order valence-electron chi connectivity index (χ3n) is 8.12. The average Bonchev–Trinajstić information content (AvgIpc) is 3.03. The number of ketones is 1. The van der Waals surface area contributed by atoms with Crippen molar-refractivity contribution in [2.75, 3.05) is 16.0 Å². The van der Waals surface area contributed by atoms with Crippen molar-refractivity contribution >= 4 is 73.1 Å². The Hall–Kier alpha value is -4.63. The minimum Gasteiger partial charge on any atom is -0.744 e. The van der Waals surface area contributed by atoms with E-state index in [1.165, 1.54) is 22.8 Å². The Labute approximate surface area is 307 Å². The number of aryl methyl sites for hydroxylation is 3. The van der Waals surface area contributed by atoms with Gasteiger partial charge in [-0.2, -0.15) is 15.0 Å². The molecule has 0 spiro atoms. The molecule has 0 unspecified atom stereocenters. The summed E-state index contributed by atoms with van der Waals surface area (Å²) in [5.74, 6) is -0.110. The number of hydrogen-bond donors (Lipinski definition) is 3. The standard InChI is InChI=1S/C34H26ClN7O5S.Na/c1-17-8-9-18(2)24(14-17)38-34-40-32(35)39-33(41-34)36-19-10-13-27(48(45,46)47)25(15-19)37-23-11-12-26-29-22(16-28(43)42(26)3)20-6-4-5-7-21(20)31(44)30(23)29;/h4-16,37H,1-3H3,(H,45,46,47)(H2,36,38,39,40,41);/q;+1/p-1. The van der Waals surface area contributed by atoms with Crippen molar-refractivity contribution in [2.45, 2.75) is 18.7 Å². The number of nitrogens with zero attached hydrogens (tertiary/aromatic N) is 4. The summed E-state index contributed by atoms with van der Waals surface area (Å²) >= 11 is 6.22. The maximum Gasteiger partial charge on any atom is 1.00 e. The Morgan fingerprint density at radius 1 is 0.755 bits per heavy atom. The van der Waals surface area contributed by atoms with Crippen molar-refractivity contribution in [3.8, 4) is 11.1 Å². The quantitative estimate of drug-likeness (QED) is 0.165. The molecule has 0 amide bonds. The van der Waals surface area contributed by atoms with E-state index in [9.17, 15) is 22.6 Å². The van der Waals surface area contributed by atoms with Crippen molar-refractivity contribution in [1.29, 1.82) is 0 Å². The predicted molar refractivity (Wildman–Crippen MR) is 183 cm³/mol. The van der Waals surface area contributed by atoms with E-state index < -0.39 is 15.0 Å². The zero-order chi connectivity index (χ0) is 33.9. The first kappa shape index (κ1) is 34.2. The van der Waals surface area contributed by atoms with Gasteiger partial charge < -0.3 is 25.1 Å². The summed E-state index contributed by atoms with van der Waals surface area (Å²) in [6.45, 7) is 3.89. The molecule has 2 aromatic heterocycles. The van der Waals surface area contributed by atoms with Gasteiger partial charge in [-0.1, -0.05) is 36.4 Å². The van der Waals surface area contributed by atoms with E-state index in [1.807, 2.05) is 32.0 Å². The van der Waals surface area contributed by atoms with Gasteiger partial charge >= 0.3 is 29.6 Å². The number of carbonyl (C=O) groups is 1. The van der Waals surface area contributed by atoms with Crippen molar-refractivity contribution in [3.63, 3.8) is 0 Å². The summed E-state index contributed by atoms with van der Waals surface area (Å²) in [5, 5.41) is 9.57. The van der Waals surface area contributed by atoms with E-state index in [0.717, 1.165) is 22.9 Å². The first-order valence-corrected chi connectivity index (χ1v) is 16.4. The number of halogens is 1. The van der Waals surface area contributed by atoms with Gasteiger partial charge in [0.05, 0.1) is 27.4 Å². The van der Waals surface area contributed by atoms with Crippen LogP contribution in [0.3, 0.4) is 0 Å². The van der Waals surface area contributed by atoms with Gasteiger partial charge in [0, 0.05) is 35.4 Å². The minimum absolute atomic E-state index is 0. The molecule has 1 aliphatic rings. The molecule has 6 aromatic rings. The summed E-state index contributed by atoms with van der Waals surface area (Å²) in [7, 11) is -3.36. The number of aromatic nitrogens is 4. The summed E-state index contributed by atoms with van der Waals surface area (Å²) in [6, 6.07) is 21.5. The number of rotatable bonds is 7. The first-order valence-electron chi connectivity index (χ1n) is 14.6. The molecule has 7 rings (SSSR count). The van der Waals surface area contributed by atoms with Crippen LogP contribution in [0.4, 0.5) is 34.6 Å². The maximum absolute atomic E-state index is 14.0. The van der Waals surface area contributed by atoms with Gasteiger partial charge in [-0.3, -0.25) is 9.59 Å². The predicted octanol–water partition coefficient (Wildman–Crippen LogP) is 3.34. The number of fused-ring (bicyclic) bond motifs is 2. The number of anilines is 6. The fourth-order valence-electron chi connectivity index (χ4n) is 5.81. The van der Waals surface area contributed by atoms with Crippen LogP contribution in [0.1, 0.15) is 27.0 Å². The van der Waals surface area contributed by atoms with Crippen LogP contribution in [0.15, 0.2) is 88.6 Å². The molecule has 1 aliphatic carbocycles. The molecule has 0 atom stereocenters. The molecule has 0 bridgehead atoms. The van der Waals surface area contributed by atoms with Gasteiger partial charge in [-0.25, -0.2) is 8.42 Å². The van der Waals surface area contributed by atoms with Gasteiger partial charge in [0.1, 0.15) is 10.1 Å². The van der Waals surface area contributed by atoms with E-state index in [2.05, 4.69) is 30.9 Å².